The lowest BCUT2D eigenvalue weighted by atomic mass is 9.94. The van der Waals surface area contributed by atoms with Crippen LogP contribution in [0, 0.1) is 0 Å². The highest BCUT2D eigenvalue weighted by atomic mass is 32.2. The Kier molecular flexibility index (Phi) is 3.62. The Balaban J connectivity index is 2.53. The molecule has 2 rings (SSSR count). The Morgan fingerprint density at radius 3 is 2.58 bits per heavy atom. The topological polar surface area (TPSA) is 77.9 Å². The van der Waals surface area contributed by atoms with Crippen LogP contribution in [0.25, 0.3) is 0 Å². The first-order valence-corrected chi connectivity index (χ1v) is 7.25. The predicted octanol–water partition coefficient (Wildman–Crippen LogP) is 0.477. The molecule has 6 nitrogen and oxygen atoms in total. The molecule has 1 atom stereocenters. The summed E-state index contributed by atoms with van der Waals surface area (Å²) in [4.78, 5) is 11.5. The molecule has 0 radical (unpaired) electrons. The largest absolute Gasteiger partial charge is 0.480 e. The van der Waals surface area contributed by atoms with E-state index in [1.54, 1.807) is 12.1 Å². The number of carboxylic acid groups (broad SMARTS) is 1. The third-order valence-electron chi connectivity index (χ3n) is 3.23. The molecule has 1 aliphatic heterocycles. The second-order valence-electron chi connectivity index (χ2n) is 4.59. The number of aliphatic carboxylic acids is 1. The lowest BCUT2D eigenvalue weighted by Gasteiger charge is -2.35. The molecule has 0 fully saturated rings. The van der Waals surface area contributed by atoms with Gasteiger partial charge in [-0.25, -0.2) is 0 Å². The van der Waals surface area contributed by atoms with Crippen LogP contribution in [-0.4, -0.2) is 48.7 Å². The lowest BCUT2D eigenvalue weighted by molar-refractivity contribution is -0.142. The van der Waals surface area contributed by atoms with Crippen molar-refractivity contribution in [1.29, 1.82) is 0 Å². The van der Waals surface area contributed by atoms with Crippen molar-refractivity contribution in [3.8, 4) is 0 Å². The number of rotatable bonds is 3. The van der Waals surface area contributed by atoms with Crippen molar-refractivity contribution >= 4 is 16.2 Å². The van der Waals surface area contributed by atoms with E-state index in [1.165, 1.54) is 14.1 Å². The summed E-state index contributed by atoms with van der Waals surface area (Å²) < 4.78 is 26.5. The normalized spacial score (nSPS) is 20.3. The number of carbonyl (C=O) groups is 1. The van der Waals surface area contributed by atoms with Crippen LogP contribution in [0.2, 0.25) is 0 Å². The van der Waals surface area contributed by atoms with Crippen LogP contribution in [0.3, 0.4) is 0 Å². The quantitative estimate of drug-likeness (QED) is 0.875. The predicted molar refractivity (Wildman–Crippen MR) is 69.8 cm³/mol. The zero-order valence-electron chi connectivity index (χ0n) is 10.8. The van der Waals surface area contributed by atoms with E-state index in [0.717, 1.165) is 14.2 Å². The molecule has 0 saturated carbocycles. The fourth-order valence-corrected chi connectivity index (χ4v) is 3.47. The maximum Gasteiger partial charge on any atom is 0.326 e. The highest BCUT2D eigenvalue weighted by Gasteiger charge is 2.40. The average molecular weight is 284 g/mol. The minimum absolute atomic E-state index is 0.175. The Bertz CT molecular complexity index is 598. The van der Waals surface area contributed by atoms with E-state index in [-0.39, 0.29) is 6.54 Å². The van der Waals surface area contributed by atoms with E-state index in [2.05, 4.69) is 0 Å². The van der Waals surface area contributed by atoms with Crippen LogP contribution in [0.1, 0.15) is 17.2 Å². The Labute approximate surface area is 112 Å². The molecule has 1 aliphatic rings. The summed E-state index contributed by atoms with van der Waals surface area (Å²) in [5, 5.41) is 9.38. The number of hydrogen-bond donors (Lipinski definition) is 1. The first-order valence-electron chi connectivity index (χ1n) is 5.85. The van der Waals surface area contributed by atoms with Crippen molar-refractivity contribution in [1.82, 2.24) is 8.61 Å². The molecule has 1 aromatic rings. The molecule has 0 spiro atoms. The molecule has 1 unspecified atom stereocenters. The summed E-state index contributed by atoms with van der Waals surface area (Å²) in [5.74, 6) is -1.16. The maximum atomic E-state index is 12.2. The zero-order chi connectivity index (χ0) is 14.2. The second-order valence-corrected chi connectivity index (χ2v) is 6.69. The van der Waals surface area contributed by atoms with Gasteiger partial charge in [-0.1, -0.05) is 24.3 Å². The fourth-order valence-electron chi connectivity index (χ4n) is 2.26. The first-order chi connectivity index (χ1) is 8.85. The summed E-state index contributed by atoms with van der Waals surface area (Å²) in [7, 11) is -0.956. The third kappa shape index (κ3) is 2.36. The van der Waals surface area contributed by atoms with Gasteiger partial charge in [-0.05, 0) is 17.5 Å². The number of fused-ring (bicyclic) bond motifs is 1. The van der Waals surface area contributed by atoms with Crippen molar-refractivity contribution < 1.29 is 18.3 Å². The van der Waals surface area contributed by atoms with E-state index in [0.29, 0.717) is 12.0 Å². The molecule has 0 aliphatic carbocycles. The molecule has 1 heterocycles. The van der Waals surface area contributed by atoms with Crippen molar-refractivity contribution in [2.24, 2.45) is 0 Å². The molecule has 0 aromatic heterocycles. The fraction of sp³-hybridized carbons (Fsp3) is 0.417. The molecule has 19 heavy (non-hydrogen) atoms. The summed E-state index contributed by atoms with van der Waals surface area (Å²) in [5.41, 5.74) is 1.44. The minimum Gasteiger partial charge on any atom is -0.480 e. The van der Waals surface area contributed by atoms with Crippen molar-refractivity contribution in [2.75, 3.05) is 20.6 Å². The Morgan fingerprint density at radius 1 is 1.37 bits per heavy atom. The van der Waals surface area contributed by atoms with E-state index in [1.807, 2.05) is 12.1 Å². The van der Waals surface area contributed by atoms with Crippen LogP contribution in [0.5, 0.6) is 0 Å². The van der Waals surface area contributed by atoms with Gasteiger partial charge in [0.15, 0.2) is 0 Å². The van der Waals surface area contributed by atoms with Crippen molar-refractivity contribution in [3.63, 3.8) is 0 Å². The highest BCUT2D eigenvalue weighted by Crippen LogP contribution is 2.32. The highest BCUT2D eigenvalue weighted by molar-refractivity contribution is 7.86. The van der Waals surface area contributed by atoms with E-state index >= 15 is 0 Å². The smallest absolute Gasteiger partial charge is 0.326 e. The molecule has 0 saturated heterocycles. The maximum absolute atomic E-state index is 12.2. The number of carboxylic acids is 1. The SMILES string of the molecule is CN(C)S(=O)(=O)N1CCc2ccccc2C1C(=O)O. The van der Waals surface area contributed by atoms with Crippen LogP contribution < -0.4 is 0 Å². The minimum atomic E-state index is -3.75. The van der Waals surface area contributed by atoms with Crippen molar-refractivity contribution in [2.45, 2.75) is 12.5 Å². The van der Waals surface area contributed by atoms with Crippen molar-refractivity contribution in [3.05, 3.63) is 35.4 Å². The molecule has 1 aromatic carbocycles. The van der Waals surface area contributed by atoms with Gasteiger partial charge >= 0.3 is 5.97 Å². The zero-order valence-corrected chi connectivity index (χ0v) is 11.6. The van der Waals surface area contributed by atoms with Gasteiger partial charge < -0.3 is 5.11 Å². The average Bonchev–Trinajstić information content (AvgIpc) is 2.36. The van der Waals surface area contributed by atoms with Gasteiger partial charge in [0.2, 0.25) is 0 Å². The van der Waals surface area contributed by atoms with Gasteiger partial charge in [0, 0.05) is 20.6 Å². The Morgan fingerprint density at radius 2 is 2.00 bits per heavy atom. The third-order valence-corrected chi connectivity index (χ3v) is 5.14. The van der Waals surface area contributed by atoms with Crippen LogP contribution in [0.15, 0.2) is 24.3 Å². The van der Waals surface area contributed by atoms with Crippen LogP contribution >= 0.6 is 0 Å². The summed E-state index contributed by atoms with van der Waals surface area (Å²) >= 11 is 0. The van der Waals surface area contributed by atoms with Crippen LogP contribution in [0.4, 0.5) is 0 Å². The van der Waals surface area contributed by atoms with Crippen LogP contribution in [-0.2, 0) is 21.4 Å². The number of nitrogens with zero attached hydrogens (tertiary/aromatic N) is 2. The van der Waals surface area contributed by atoms with Gasteiger partial charge in [-0.3, -0.25) is 4.79 Å². The monoisotopic (exact) mass is 284 g/mol. The van der Waals surface area contributed by atoms with E-state index in [9.17, 15) is 18.3 Å². The molecule has 104 valence electrons. The number of benzene rings is 1. The molecular weight excluding hydrogens is 268 g/mol. The van der Waals surface area contributed by atoms with Gasteiger partial charge in [-0.2, -0.15) is 17.0 Å². The summed E-state index contributed by atoms with van der Waals surface area (Å²) in [6.07, 6.45) is 0.521. The van der Waals surface area contributed by atoms with E-state index in [4.69, 9.17) is 0 Å². The van der Waals surface area contributed by atoms with Gasteiger partial charge in [0.1, 0.15) is 6.04 Å². The number of hydrogen-bond acceptors (Lipinski definition) is 3. The molecule has 0 amide bonds. The second kappa shape index (κ2) is 4.92. The molecule has 1 N–H and O–H groups in total. The van der Waals surface area contributed by atoms with Gasteiger partial charge in [0.05, 0.1) is 0 Å². The first kappa shape index (κ1) is 14.0. The van der Waals surface area contributed by atoms with E-state index < -0.39 is 22.2 Å². The summed E-state index contributed by atoms with van der Waals surface area (Å²) in [6, 6.07) is 5.91. The lowest BCUT2D eigenvalue weighted by Crippen LogP contribution is -2.48. The van der Waals surface area contributed by atoms with Gasteiger partial charge in [-0.15, -0.1) is 0 Å². The van der Waals surface area contributed by atoms with Gasteiger partial charge in [0.25, 0.3) is 10.2 Å². The molecular formula is C12H16N2O4S. The molecule has 0 bridgehead atoms. The standard InChI is InChI=1S/C12H16N2O4S/c1-13(2)19(17,18)14-8-7-9-5-3-4-6-10(9)11(14)12(15)16/h3-6,11H,7-8H2,1-2H3,(H,15,16). The Hall–Kier alpha value is -1.44. The summed E-state index contributed by atoms with van der Waals surface area (Å²) in [6.45, 7) is 0.175. The molecule has 7 heteroatoms.